The Morgan fingerprint density at radius 2 is 1.03 bits per heavy atom. The second-order valence-electron chi connectivity index (χ2n) is 11.8. The summed E-state index contributed by atoms with van der Waals surface area (Å²) >= 11 is 0. The fourth-order valence-corrected chi connectivity index (χ4v) is 10.2. The van der Waals surface area contributed by atoms with Crippen LogP contribution in [0.5, 0.6) is 0 Å². The summed E-state index contributed by atoms with van der Waals surface area (Å²) in [6, 6.07) is 32.3. The van der Waals surface area contributed by atoms with Gasteiger partial charge in [0.1, 0.15) is 0 Å². The van der Waals surface area contributed by atoms with E-state index >= 15 is 0 Å². The van der Waals surface area contributed by atoms with E-state index in [-0.39, 0.29) is 16.2 Å². The summed E-state index contributed by atoms with van der Waals surface area (Å²) in [6.07, 6.45) is -0.108. The van der Waals surface area contributed by atoms with Crippen LogP contribution in [0.4, 0.5) is 0 Å². The van der Waals surface area contributed by atoms with Gasteiger partial charge in [-0.15, -0.1) is 0 Å². The van der Waals surface area contributed by atoms with Crippen LogP contribution in [-0.4, -0.2) is 23.2 Å². The van der Waals surface area contributed by atoms with Crippen molar-refractivity contribution in [1.82, 2.24) is 0 Å². The lowest BCUT2D eigenvalue weighted by Crippen LogP contribution is -2.67. The van der Waals surface area contributed by atoms with Gasteiger partial charge in [0, 0.05) is 0 Å². The maximum absolute atomic E-state index is 7.28. The molecule has 0 aliphatic carbocycles. The molecule has 3 aromatic rings. The van der Waals surface area contributed by atoms with Crippen LogP contribution >= 0.6 is 0 Å². The molecule has 182 valence electrons. The summed E-state index contributed by atoms with van der Waals surface area (Å²) in [7, 11) is -4.65. The summed E-state index contributed by atoms with van der Waals surface area (Å²) in [6.45, 7) is 19.0. The Bertz CT molecular complexity index is 981. The molecule has 0 saturated carbocycles. The summed E-state index contributed by atoms with van der Waals surface area (Å²) in [5, 5.41) is 2.66. The molecule has 0 spiro atoms. The predicted molar refractivity (Wildman–Crippen MR) is 151 cm³/mol. The maximum Gasteiger partial charge on any atom is 0.261 e. The summed E-state index contributed by atoms with van der Waals surface area (Å²) in [5.41, 5.74) is 1.19. The molecule has 0 amide bonds. The second kappa shape index (κ2) is 10.3. The minimum Gasteiger partial charge on any atom is -0.408 e. The molecule has 2 nitrogen and oxygen atoms in total. The second-order valence-corrected chi connectivity index (χ2v) is 20.8. The lowest BCUT2D eigenvalue weighted by molar-refractivity contribution is 0.110. The van der Waals surface area contributed by atoms with E-state index < -0.39 is 16.6 Å². The van der Waals surface area contributed by atoms with Gasteiger partial charge < -0.3 is 8.85 Å². The highest BCUT2D eigenvalue weighted by molar-refractivity contribution is 6.99. The number of hydrogen-bond acceptors (Lipinski definition) is 2. The Morgan fingerprint density at radius 1 is 0.618 bits per heavy atom. The smallest absolute Gasteiger partial charge is 0.261 e. The zero-order valence-electron chi connectivity index (χ0n) is 22.3. The van der Waals surface area contributed by atoms with Gasteiger partial charge in [-0.2, -0.15) is 0 Å². The molecule has 0 heterocycles. The van der Waals surface area contributed by atoms with Crippen molar-refractivity contribution in [2.75, 3.05) is 6.61 Å². The fourth-order valence-electron chi connectivity index (χ4n) is 4.36. The summed E-state index contributed by atoms with van der Waals surface area (Å²) < 4.78 is 14.3. The van der Waals surface area contributed by atoms with Gasteiger partial charge in [0.15, 0.2) is 8.32 Å². The number of rotatable bonds is 8. The molecule has 0 radical (unpaired) electrons. The Morgan fingerprint density at radius 3 is 1.41 bits per heavy atom. The molecule has 4 heteroatoms. The number of hydrogen-bond donors (Lipinski definition) is 0. The highest BCUT2D eigenvalue weighted by atomic mass is 28.4. The average Bonchev–Trinajstić information content (AvgIpc) is 2.79. The Balaban J connectivity index is 2.09. The van der Waals surface area contributed by atoms with E-state index in [1.54, 1.807) is 0 Å². The molecular weight excluding hydrogens is 449 g/mol. The van der Waals surface area contributed by atoms with Crippen LogP contribution < -0.4 is 10.4 Å². The van der Waals surface area contributed by atoms with E-state index in [9.17, 15) is 0 Å². The molecular formula is C30H42O2Si2. The first-order valence-electron chi connectivity index (χ1n) is 12.4. The maximum atomic E-state index is 7.28. The molecule has 0 aliphatic heterocycles. The quantitative estimate of drug-likeness (QED) is 0.308. The standard InChI is InChI=1S/C30H42O2Si2/c1-29(2,3)33(7,8)32-28(25-18-12-9-13-19-25)24-31-34(30(4,5)6,26-20-14-10-15-21-26)27-22-16-11-17-23-27/h9-23,28H,24H2,1-8H3/t28-/m0/s1. The van der Waals surface area contributed by atoms with Crippen LogP contribution in [0.3, 0.4) is 0 Å². The molecule has 1 atom stereocenters. The van der Waals surface area contributed by atoms with Gasteiger partial charge in [0.25, 0.3) is 8.32 Å². The molecule has 3 aromatic carbocycles. The molecule has 0 bridgehead atoms. The SMILES string of the molecule is CC(C)(C)[Si](C)(C)O[C@@H](CO[Si](c1ccccc1)(c1ccccc1)C(C)(C)C)c1ccccc1. The molecule has 0 aliphatic rings. The Kier molecular flexibility index (Phi) is 8.08. The van der Waals surface area contributed by atoms with Crippen molar-refractivity contribution in [2.45, 2.75) is 70.8 Å². The van der Waals surface area contributed by atoms with Crippen molar-refractivity contribution in [3.05, 3.63) is 96.6 Å². The first-order chi connectivity index (χ1) is 15.9. The minimum absolute atomic E-state index is 0.0616. The van der Waals surface area contributed by atoms with Gasteiger partial charge in [-0.25, -0.2) is 0 Å². The first-order valence-corrected chi connectivity index (χ1v) is 17.2. The van der Waals surface area contributed by atoms with Gasteiger partial charge in [-0.1, -0.05) is 133 Å². The van der Waals surface area contributed by atoms with Crippen LogP contribution in [0.2, 0.25) is 23.2 Å². The van der Waals surface area contributed by atoms with Crippen LogP contribution in [-0.2, 0) is 8.85 Å². The van der Waals surface area contributed by atoms with Crippen molar-refractivity contribution in [2.24, 2.45) is 0 Å². The topological polar surface area (TPSA) is 18.5 Å². The van der Waals surface area contributed by atoms with Gasteiger partial charge >= 0.3 is 0 Å². The molecule has 3 rings (SSSR count). The Hall–Kier alpha value is -1.99. The zero-order chi connectivity index (χ0) is 25.0. The van der Waals surface area contributed by atoms with E-state index in [0.29, 0.717) is 6.61 Å². The first kappa shape index (κ1) is 26.6. The molecule has 34 heavy (non-hydrogen) atoms. The van der Waals surface area contributed by atoms with Crippen molar-refractivity contribution < 1.29 is 8.85 Å². The third-order valence-corrected chi connectivity index (χ3v) is 16.8. The lowest BCUT2D eigenvalue weighted by Gasteiger charge is -2.45. The van der Waals surface area contributed by atoms with Crippen molar-refractivity contribution in [1.29, 1.82) is 0 Å². The average molecular weight is 491 g/mol. The third-order valence-electron chi connectivity index (χ3n) is 7.28. The zero-order valence-corrected chi connectivity index (χ0v) is 24.3. The van der Waals surface area contributed by atoms with Crippen LogP contribution in [0.1, 0.15) is 53.2 Å². The monoisotopic (exact) mass is 490 g/mol. The van der Waals surface area contributed by atoms with Gasteiger partial charge in [0.2, 0.25) is 0 Å². The Labute approximate surface area is 209 Å². The van der Waals surface area contributed by atoms with Crippen molar-refractivity contribution in [3.8, 4) is 0 Å². The number of benzene rings is 3. The molecule has 0 aromatic heterocycles. The third kappa shape index (κ3) is 5.63. The van der Waals surface area contributed by atoms with E-state index in [0.717, 1.165) is 0 Å². The van der Waals surface area contributed by atoms with Gasteiger partial charge in [-0.3, -0.25) is 0 Å². The van der Waals surface area contributed by atoms with E-state index in [4.69, 9.17) is 8.85 Å². The van der Waals surface area contributed by atoms with Crippen LogP contribution in [0.15, 0.2) is 91.0 Å². The van der Waals surface area contributed by atoms with E-state index in [1.807, 2.05) is 0 Å². The lowest BCUT2D eigenvalue weighted by atomic mass is 10.1. The van der Waals surface area contributed by atoms with Crippen molar-refractivity contribution in [3.63, 3.8) is 0 Å². The van der Waals surface area contributed by atoms with Crippen LogP contribution in [0.25, 0.3) is 0 Å². The molecule has 0 saturated heterocycles. The predicted octanol–water partition coefficient (Wildman–Crippen LogP) is 7.33. The highest BCUT2D eigenvalue weighted by Crippen LogP contribution is 2.41. The summed E-state index contributed by atoms with van der Waals surface area (Å²) in [5.74, 6) is 0. The molecule has 0 N–H and O–H groups in total. The van der Waals surface area contributed by atoms with E-state index in [1.165, 1.54) is 15.9 Å². The highest BCUT2D eigenvalue weighted by Gasteiger charge is 2.51. The van der Waals surface area contributed by atoms with Gasteiger partial charge in [0.05, 0.1) is 12.7 Å². The summed E-state index contributed by atoms with van der Waals surface area (Å²) in [4.78, 5) is 0. The largest absolute Gasteiger partial charge is 0.408 e. The molecule has 0 unspecified atom stereocenters. The van der Waals surface area contributed by atoms with Gasteiger partial charge in [-0.05, 0) is 39.1 Å². The normalized spacial score (nSPS) is 14.1. The minimum atomic E-state index is -2.63. The fraction of sp³-hybridized carbons (Fsp3) is 0.400. The van der Waals surface area contributed by atoms with Crippen molar-refractivity contribution >= 4 is 27.0 Å². The van der Waals surface area contributed by atoms with Crippen LogP contribution in [0, 0.1) is 0 Å². The molecule has 0 fully saturated rings. The van der Waals surface area contributed by atoms with E-state index in [2.05, 4.69) is 146 Å².